The summed E-state index contributed by atoms with van der Waals surface area (Å²) >= 11 is 6.59. The average molecular weight is 749 g/mol. The van der Waals surface area contributed by atoms with Crippen LogP contribution in [0, 0.1) is 28.0 Å². The third-order valence-electron chi connectivity index (χ3n) is 12.0. The molecule has 3 fully saturated rings. The van der Waals surface area contributed by atoms with Gasteiger partial charge >= 0.3 is 6.09 Å². The van der Waals surface area contributed by atoms with Crippen molar-refractivity contribution in [2.24, 2.45) is 22.2 Å². The number of rotatable bonds is 13. The summed E-state index contributed by atoms with van der Waals surface area (Å²) in [7, 11) is 1.86. The highest BCUT2D eigenvalue weighted by Gasteiger charge is 2.61. The van der Waals surface area contributed by atoms with Crippen molar-refractivity contribution in [3.8, 4) is 5.75 Å². The number of fused-ring (bicyclic) bond motifs is 2. The zero-order chi connectivity index (χ0) is 37.5. The number of methoxy groups -OCH3 is 1. The third kappa shape index (κ3) is 8.69. The lowest BCUT2D eigenvalue weighted by Crippen LogP contribution is -2.48. The lowest BCUT2D eigenvalue weighted by atomic mass is 9.69. The number of alkyl carbamates (subject to hydrolysis) is 1. The Morgan fingerprint density at radius 3 is 2.43 bits per heavy atom. The van der Waals surface area contributed by atoms with Gasteiger partial charge in [-0.2, -0.15) is 4.31 Å². The highest BCUT2D eigenvalue weighted by molar-refractivity contribution is 7.89. The van der Waals surface area contributed by atoms with Crippen LogP contribution in [0.2, 0.25) is 5.02 Å². The first-order valence-corrected chi connectivity index (χ1v) is 20.2. The summed E-state index contributed by atoms with van der Waals surface area (Å²) in [5.41, 5.74) is 2.20. The molecule has 0 spiro atoms. The molecule has 3 unspecified atom stereocenters. The zero-order valence-electron chi connectivity index (χ0n) is 31.9. The Hall–Kier alpha value is -2.44. The number of halogens is 2. The highest BCUT2D eigenvalue weighted by Crippen LogP contribution is 2.65. The molecule has 2 aromatic carbocycles. The summed E-state index contributed by atoms with van der Waals surface area (Å²) in [4.78, 5) is 17.6. The predicted octanol–water partition coefficient (Wildman–Crippen LogP) is 7.66. The smallest absolute Gasteiger partial charge is 0.408 e. The normalized spacial score (nSPS) is 26.2. The van der Waals surface area contributed by atoms with E-state index in [-0.39, 0.29) is 59.3 Å². The van der Waals surface area contributed by atoms with Crippen LogP contribution in [0.15, 0.2) is 36.4 Å². The van der Waals surface area contributed by atoms with Crippen LogP contribution in [0.1, 0.15) is 90.3 Å². The van der Waals surface area contributed by atoms with Crippen molar-refractivity contribution in [1.29, 1.82) is 0 Å². The molecule has 5 atom stereocenters. The van der Waals surface area contributed by atoms with Gasteiger partial charge < -0.3 is 19.7 Å². The van der Waals surface area contributed by atoms with E-state index in [9.17, 15) is 13.2 Å². The standard InChI is InChI=1S/C39H58ClFN4O5S/c1-37(2,3)21-29(24-43(7)8)44(25-30-31(40)13-14-32(49-9)35(30)41)22-26-11-10-12-27(19-26)23-45-34(16-18-51(45,47)48)50-36(46)42-33-20-28-15-17-39(33,6)38(28,4)5/h10-14,19,28-29,33-34H,15-18,20-25H2,1-9H3,(H,42,46)/t28?,29-,33-,34?,39?/m0/s1. The van der Waals surface area contributed by atoms with Crippen molar-refractivity contribution >= 4 is 27.7 Å². The molecule has 12 heteroatoms. The lowest BCUT2D eigenvalue weighted by Gasteiger charge is -2.39. The number of amides is 1. The molecule has 284 valence electrons. The van der Waals surface area contributed by atoms with Gasteiger partial charge in [-0.1, -0.05) is 77.4 Å². The molecule has 2 aromatic rings. The molecule has 2 aliphatic carbocycles. The minimum Gasteiger partial charge on any atom is -0.494 e. The molecule has 1 amide bonds. The van der Waals surface area contributed by atoms with Crippen LogP contribution in [0.4, 0.5) is 9.18 Å². The molecule has 2 saturated carbocycles. The molecule has 0 aromatic heterocycles. The SMILES string of the molecule is COc1ccc(Cl)c(CN(Cc2cccc(CN3C(OC(=O)N[C@H]4CC5CCC4(C)C5(C)C)CCS3(=O)=O)c2)[C@H](CN(C)C)CC(C)(C)C)c1F. The molecule has 9 nitrogen and oxygen atoms in total. The fourth-order valence-corrected chi connectivity index (χ4v) is 10.6. The first-order valence-electron chi connectivity index (χ1n) is 18.2. The Kier molecular flexibility index (Phi) is 11.8. The van der Waals surface area contributed by atoms with E-state index in [0.29, 0.717) is 23.0 Å². The third-order valence-corrected chi connectivity index (χ3v) is 14.2. The van der Waals surface area contributed by atoms with E-state index < -0.39 is 28.2 Å². The van der Waals surface area contributed by atoms with Crippen LogP contribution < -0.4 is 10.1 Å². The number of benzene rings is 2. The number of nitrogens with zero attached hydrogens (tertiary/aromatic N) is 3. The molecule has 5 rings (SSSR count). The molecule has 2 bridgehead atoms. The fraction of sp³-hybridized carbons (Fsp3) is 0.667. The molecular weight excluding hydrogens is 691 g/mol. The van der Waals surface area contributed by atoms with Gasteiger partial charge in [-0.3, -0.25) is 4.90 Å². The van der Waals surface area contributed by atoms with E-state index in [2.05, 4.69) is 56.7 Å². The van der Waals surface area contributed by atoms with E-state index in [1.54, 1.807) is 6.07 Å². The maximum Gasteiger partial charge on any atom is 0.408 e. The van der Waals surface area contributed by atoms with Gasteiger partial charge in [0.15, 0.2) is 17.8 Å². The van der Waals surface area contributed by atoms with Gasteiger partial charge in [0.1, 0.15) is 0 Å². The van der Waals surface area contributed by atoms with E-state index >= 15 is 4.39 Å². The second-order valence-corrected chi connectivity index (χ2v) is 19.7. The van der Waals surface area contributed by atoms with Crippen LogP contribution in [0.25, 0.3) is 0 Å². The van der Waals surface area contributed by atoms with Crippen LogP contribution >= 0.6 is 11.6 Å². The summed E-state index contributed by atoms with van der Waals surface area (Å²) in [5, 5.41) is 3.45. The molecular formula is C39H58ClFN4O5S. The van der Waals surface area contributed by atoms with E-state index in [1.807, 2.05) is 38.4 Å². The summed E-state index contributed by atoms with van der Waals surface area (Å²) in [6, 6.07) is 11.0. The van der Waals surface area contributed by atoms with Gasteiger partial charge in [-0.25, -0.2) is 17.6 Å². The summed E-state index contributed by atoms with van der Waals surface area (Å²) in [5.74, 6) is 0.135. The minimum atomic E-state index is -3.64. The first kappa shape index (κ1) is 39.8. The second-order valence-electron chi connectivity index (χ2n) is 17.3. The highest BCUT2D eigenvalue weighted by atomic mass is 35.5. The monoisotopic (exact) mass is 748 g/mol. The van der Waals surface area contributed by atoms with E-state index in [0.717, 1.165) is 36.9 Å². The summed E-state index contributed by atoms with van der Waals surface area (Å²) in [6.07, 6.45) is 2.75. The first-order chi connectivity index (χ1) is 23.7. The molecule has 1 heterocycles. The molecule has 3 aliphatic rings. The number of nitrogens with one attached hydrogen (secondary N) is 1. The van der Waals surface area contributed by atoms with Crippen molar-refractivity contribution in [1.82, 2.24) is 19.4 Å². The second kappa shape index (κ2) is 15.1. The Labute approximate surface area is 310 Å². The lowest BCUT2D eigenvalue weighted by molar-refractivity contribution is 0.0281. The Morgan fingerprint density at radius 2 is 1.82 bits per heavy atom. The molecule has 1 aliphatic heterocycles. The number of likely N-dealkylation sites (N-methyl/N-ethyl adjacent to an activating group) is 1. The Bertz CT molecular complexity index is 1680. The van der Waals surface area contributed by atoms with Crippen LogP contribution in [-0.2, 0) is 34.4 Å². The number of ether oxygens (including phenoxy) is 2. The molecule has 51 heavy (non-hydrogen) atoms. The number of sulfonamides is 1. The van der Waals surface area contributed by atoms with E-state index in [1.165, 1.54) is 23.9 Å². The zero-order valence-corrected chi connectivity index (χ0v) is 33.5. The van der Waals surface area contributed by atoms with E-state index in [4.69, 9.17) is 21.1 Å². The quantitative estimate of drug-likeness (QED) is 0.225. The molecule has 1 N–H and O–H groups in total. The van der Waals surface area contributed by atoms with Gasteiger partial charge in [0.05, 0.1) is 12.9 Å². The van der Waals surface area contributed by atoms with Crippen molar-refractivity contribution in [2.45, 2.75) is 112 Å². The maximum absolute atomic E-state index is 15.6. The van der Waals surface area contributed by atoms with Gasteiger partial charge in [-0.05, 0) is 85.2 Å². The summed E-state index contributed by atoms with van der Waals surface area (Å²) in [6.45, 7) is 15.0. The van der Waals surface area contributed by atoms with Crippen LogP contribution in [-0.4, -0.2) is 80.4 Å². The van der Waals surface area contributed by atoms with Gasteiger partial charge in [0.25, 0.3) is 0 Å². The van der Waals surface area contributed by atoms with Crippen LogP contribution in [0.3, 0.4) is 0 Å². The topological polar surface area (TPSA) is 91.4 Å². The minimum absolute atomic E-state index is 0.000211. The van der Waals surface area contributed by atoms with Crippen molar-refractivity contribution < 1.29 is 27.1 Å². The van der Waals surface area contributed by atoms with Crippen molar-refractivity contribution in [2.75, 3.05) is 33.5 Å². The predicted molar refractivity (Wildman–Crippen MR) is 200 cm³/mol. The van der Waals surface area contributed by atoms with Gasteiger partial charge in [-0.15, -0.1) is 0 Å². The average Bonchev–Trinajstić information content (AvgIpc) is 3.50. The maximum atomic E-state index is 15.6. The number of carbonyl (C=O) groups excluding carboxylic acids is 1. The van der Waals surface area contributed by atoms with Crippen molar-refractivity contribution in [3.05, 3.63) is 63.9 Å². The van der Waals surface area contributed by atoms with Crippen molar-refractivity contribution in [3.63, 3.8) is 0 Å². The number of hydrogen-bond donors (Lipinski definition) is 1. The van der Waals surface area contributed by atoms with Gasteiger partial charge in [0.2, 0.25) is 10.0 Å². The summed E-state index contributed by atoms with van der Waals surface area (Å²) < 4.78 is 54.7. The Morgan fingerprint density at radius 1 is 1.12 bits per heavy atom. The molecule has 0 radical (unpaired) electrons. The number of hydrogen-bond acceptors (Lipinski definition) is 7. The van der Waals surface area contributed by atoms with Crippen LogP contribution in [0.5, 0.6) is 5.75 Å². The van der Waals surface area contributed by atoms with Gasteiger partial charge in [0, 0.05) is 55.3 Å². The number of carbonyl (C=O) groups is 1. The largest absolute Gasteiger partial charge is 0.494 e. The fourth-order valence-electron chi connectivity index (χ4n) is 8.80. The Balaban J connectivity index is 1.35. The molecule has 1 saturated heterocycles.